The van der Waals surface area contributed by atoms with E-state index in [-0.39, 0.29) is 0 Å². The van der Waals surface area contributed by atoms with Gasteiger partial charge in [-0.1, -0.05) is 261 Å². The summed E-state index contributed by atoms with van der Waals surface area (Å²) in [7, 11) is 0. The number of aliphatic hydroxyl groups is 1. The number of ether oxygens (including phenoxy) is 2. The van der Waals surface area contributed by atoms with Crippen molar-refractivity contribution in [1.29, 1.82) is 0 Å². The van der Waals surface area contributed by atoms with Crippen LogP contribution in [0, 0.1) is 0 Å². The van der Waals surface area contributed by atoms with Gasteiger partial charge in [0.15, 0.2) is 0 Å². The van der Waals surface area contributed by atoms with Crippen LogP contribution in [0.1, 0.15) is 236 Å². The minimum absolute atomic E-state index is 0.738. The van der Waals surface area contributed by atoms with Crippen molar-refractivity contribution in [3.63, 3.8) is 0 Å². The maximum absolute atomic E-state index is 12.4. The third kappa shape index (κ3) is 22.0. The van der Waals surface area contributed by atoms with Gasteiger partial charge in [0.25, 0.3) is 0 Å². The van der Waals surface area contributed by atoms with E-state index in [1.165, 1.54) is 193 Å². The van der Waals surface area contributed by atoms with Gasteiger partial charge in [-0.2, -0.15) is 0 Å². The Morgan fingerprint density at radius 1 is 0.310 bits per heavy atom. The van der Waals surface area contributed by atoms with Gasteiger partial charge in [0, 0.05) is 0 Å². The Kier molecular flexibility index (Phi) is 29.1. The van der Waals surface area contributed by atoms with Crippen LogP contribution in [0.25, 0.3) is 0 Å². The Labute approximate surface area is 358 Å². The number of hydrogen-bond donors (Lipinski definition) is 1. The van der Waals surface area contributed by atoms with Gasteiger partial charge in [-0.3, -0.25) is 0 Å². The summed E-state index contributed by atoms with van der Waals surface area (Å²) in [5.74, 6) is 1.72. The second-order valence-corrected chi connectivity index (χ2v) is 17.4. The number of hydrogen-bond acceptors (Lipinski definition) is 3. The van der Waals surface area contributed by atoms with E-state index in [1.807, 2.05) is 78.9 Å². The lowest BCUT2D eigenvalue weighted by Crippen LogP contribution is -2.28. The quantitative estimate of drug-likeness (QED) is 0.0462. The number of benzene rings is 3. The number of rotatable bonds is 39. The molecule has 0 radical (unpaired) electrons. The van der Waals surface area contributed by atoms with Crippen molar-refractivity contribution in [2.75, 3.05) is 13.2 Å². The molecule has 0 amide bonds. The first-order chi connectivity index (χ1) is 28.7. The first-order valence-electron chi connectivity index (χ1n) is 24.9. The predicted octanol–water partition coefficient (Wildman–Crippen LogP) is 17.3. The van der Waals surface area contributed by atoms with Gasteiger partial charge in [-0.25, -0.2) is 0 Å². The van der Waals surface area contributed by atoms with Crippen LogP contribution in [-0.2, 0) is 5.60 Å². The lowest BCUT2D eigenvalue weighted by molar-refractivity contribution is 0.125. The highest BCUT2D eigenvalue weighted by Crippen LogP contribution is 2.38. The summed E-state index contributed by atoms with van der Waals surface area (Å²) in [5.41, 5.74) is 1.23. The monoisotopic (exact) mass is 797 g/mol. The maximum Gasteiger partial charge on any atom is 0.140 e. The third-order valence-corrected chi connectivity index (χ3v) is 12.3. The average molecular weight is 797 g/mol. The molecular formula is C55H88O3. The van der Waals surface area contributed by atoms with E-state index in [2.05, 4.69) is 13.8 Å². The van der Waals surface area contributed by atoms with Crippen LogP contribution in [0.5, 0.6) is 11.5 Å². The minimum Gasteiger partial charge on any atom is -0.494 e. The standard InChI is InChI=1S/C55H88O3/c1-3-5-7-9-11-13-15-17-19-21-23-25-27-29-31-36-48-57-53-44-40-51(41-45-53)55(56,50-38-34-33-35-39-50)52-42-46-54(47-43-52)58-49-37-32-30-28-26-24-22-20-18-16-14-12-10-8-6-4-2/h33-35,38-47,56H,3-32,36-37,48-49H2,1-2H3. The van der Waals surface area contributed by atoms with Crippen molar-refractivity contribution in [3.05, 3.63) is 95.6 Å². The Bertz CT molecular complexity index is 1240. The lowest BCUT2D eigenvalue weighted by atomic mass is 9.80. The summed E-state index contributed by atoms with van der Waals surface area (Å²) >= 11 is 0. The van der Waals surface area contributed by atoms with Crippen molar-refractivity contribution in [2.24, 2.45) is 0 Å². The van der Waals surface area contributed by atoms with Crippen LogP contribution in [0.4, 0.5) is 0 Å². The molecule has 0 unspecified atom stereocenters. The molecule has 58 heavy (non-hydrogen) atoms. The van der Waals surface area contributed by atoms with E-state index in [9.17, 15) is 5.11 Å². The fraction of sp³-hybridized carbons (Fsp3) is 0.673. The highest BCUT2D eigenvalue weighted by Gasteiger charge is 2.33. The highest BCUT2D eigenvalue weighted by molar-refractivity contribution is 5.49. The molecule has 0 aromatic heterocycles. The Morgan fingerprint density at radius 2 is 0.552 bits per heavy atom. The predicted molar refractivity (Wildman–Crippen MR) is 252 cm³/mol. The molecule has 0 fully saturated rings. The van der Waals surface area contributed by atoms with Crippen LogP contribution >= 0.6 is 0 Å². The molecule has 3 aromatic rings. The van der Waals surface area contributed by atoms with Crippen molar-refractivity contribution in [2.45, 2.75) is 225 Å². The van der Waals surface area contributed by atoms with E-state index in [0.29, 0.717) is 0 Å². The molecule has 1 N–H and O–H groups in total. The molecule has 0 atom stereocenters. The van der Waals surface area contributed by atoms with Gasteiger partial charge < -0.3 is 14.6 Å². The Balaban J connectivity index is 1.28. The van der Waals surface area contributed by atoms with Crippen LogP contribution < -0.4 is 9.47 Å². The van der Waals surface area contributed by atoms with Gasteiger partial charge in [-0.15, -0.1) is 0 Å². The molecule has 3 nitrogen and oxygen atoms in total. The summed E-state index contributed by atoms with van der Waals surface area (Å²) in [4.78, 5) is 0. The smallest absolute Gasteiger partial charge is 0.140 e. The first-order valence-corrected chi connectivity index (χ1v) is 24.9. The van der Waals surface area contributed by atoms with Crippen molar-refractivity contribution in [3.8, 4) is 11.5 Å². The van der Waals surface area contributed by atoms with Crippen molar-refractivity contribution < 1.29 is 14.6 Å². The number of unbranched alkanes of at least 4 members (excludes halogenated alkanes) is 30. The molecule has 0 bridgehead atoms. The normalized spacial score (nSPS) is 11.6. The molecule has 0 saturated carbocycles. The van der Waals surface area contributed by atoms with Gasteiger partial charge in [0.05, 0.1) is 13.2 Å². The summed E-state index contributed by atoms with van der Waals surface area (Å²) in [6.07, 6.45) is 43.9. The van der Waals surface area contributed by atoms with Gasteiger partial charge in [0.2, 0.25) is 0 Å². The van der Waals surface area contributed by atoms with Crippen LogP contribution in [-0.4, -0.2) is 18.3 Å². The summed E-state index contributed by atoms with van der Waals surface area (Å²) < 4.78 is 12.3. The Hall–Kier alpha value is -2.78. The molecule has 326 valence electrons. The first kappa shape index (κ1) is 49.6. The molecule has 3 aromatic carbocycles. The molecule has 0 aliphatic heterocycles. The van der Waals surface area contributed by atoms with E-state index < -0.39 is 5.60 Å². The van der Waals surface area contributed by atoms with Gasteiger partial charge in [0.1, 0.15) is 17.1 Å². The van der Waals surface area contributed by atoms with Crippen molar-refractivity contribution >= 4 is 0 Å². The second kappa shape index (κ2) is 34.0. The zero-order valence-electron chi connectivity index (χ0n) is 37.8. The highest BCUT2D eigenvalue weighted by atomic mass is 16.5. The molecule has 0 heterocycles. The summed E-state index contributed by atoms with van der Waals surface area (Å²) in [6.45, 7) is 6.06. The van der Waals surface area contributed by atoms with Crippen molar-refractivity contribution in [1.82, 2.24) is 0 Å². The summed E-state index contributed by atoms with van der Waals surface area (Å²) in [5, 5.41) is 12.4. The molecule has 0 saturated heterocycles. The zero-order chi connectivity index (χ0) is 41.0. The van der Waals surface area contributed by atoms with Gasteiger partial charge in [-0.05, 0) is 53.8 Å². The van der Waals surface area contributed by atoms with Crippen LogP contribution in [0.15, 0.2) is 78.9 Å². The second-order valence-electron chi connectivity index (χ2n) is 17.4. The average Bonchev–Trinajstić information content (AvgIpc) is 3.26. The van der Waals surface area contributed by atoms with Crippen LogP contribution in [0.2, 0.25) is 0 Å². The molecule has 0 aliphatic rings. The van der Waals surface area contributed by atoms with Gasteiger partial charge >= 0.3 is 0 Å². The SMILES string of the molecule is CCCCCCCCCCCCCCCCCCOc1ccc(C(O)(c2ccccc2)c2ccc(OCCCCCCCCCCCCCCCCCC)cc2)cc1. The zero-order valence-corrected chi connectivity index (χ0v) is 37.8. The molecular weight excluding hydrogens is 709 g/mol. The van der Waals surface area contributed by atoms with E-state index in [0.717, 1.165) is 54.2 Å². The maximum atomic E-state index is 12.4. The third-order valence-electron chi connectivity index (χ3n) is 12.3. The Morgan fingerprint density at radius 3 is 0.828 bits per heavy atom. The lowest BCUT2D eigenvalue weighted by Gasteiger charge is -2.30. The molecule has 3 heteroatoms. The summed E-state index contributed by atoms with van der Waals surface area (Å²) in [6, 6.07) is 26.1. The van der Waals surface area contributed by atoms with E-state index in [4.69, 9.17) is 9.47 Å². The fourth-order valence-corrected chi connectivity index (χ4v) is 8.44. The van der Waals surface area contributed by atoms with E-state index >= 15 is 0 Å². The molecule has 3 rings (SSSR count). The molecule has 0 spiro atoms. The fourth-order valence-electron chi connectivity index (χ4n) is 8.44. The van der Waals surface area contributed by atoms with E-state index in [1.54, 1.807) is 0 Å². The molecule has 0 aliphatic carbocycles. The topological polar surface area (TPSA) is 38.7 Å². The van der Waals surface area contributed by atoms with Crippen LogP contribution in [0.3, 0.4) is 0 Å². The largest absolute Gasteiger partial charge is 0.494 e. The minimum atomic E-state index is -1.28.